The van der Waals surface area contributed by atoms with Crippen LogP contribution >= 0.6 is 0 Å². The van der Waals surface area contributed by atoms with Gasteiger partial charge in [0.2, 0.25) is 0 Å². The molecule has 1 amide bonds. The molecule has 33 heavy (non-hydrogen) atoms. The highest BCUT2D eigenvalue weighted by Gasteiger charge is 2.18. The van der Waals surface area contributed by atoms with Gasteiger partial charge < -0.3 is 14.6 Å². The molecule has 0 fully saturated rings. The Morgan fingerprint density at radius 1 is 1.00 bits per heavy atom. The minimum absolute atomic E-state index is 0.239. The third-order valence-corrected chi connectivity index (χ3v) is 5.21. The van der Waals surface area contributed by atoms with Crippen molar-refractivity contribution < 1.29 is 14.1 Å². The first kappa shape index (κ1) is 22.1. The highest BCUT2D eigenvalue weighted by Crippen LogP contribution is 2.35. The first-order valence-corrected chi connectivity index (χ1v) is 10.9. The maximum absolute atomic E-state index is 12.2. The van der Waals surface area contributed by atoms with Crippen molar-refractivity contribution in [2.45, 2.75) is 20.5 Å². The number of carbonyl (C=O) groups excluding carboxylic acids is 1. The van der Waals surface area contributed by atoms with Crippen molar-refractivity contribution in [3.63, 3.8) is 0 Å². The summed E-state index contributed by atoms with van der Waals surface area (Å²) in [6.07, 6.45) is 4.13. The normalized spacial score (nSPS) is 11.0. The van der Waals surface area contributed by atoms with E-state index in [0.717, 1.165) is 27.8 Å². The van der Waals surface area contributed by atoms with Crippen LogP contribution in [-0.2, 0) is 6.61 Å². The zero-order valence-electron chi connectivity index (χ0n) is 18.7. The standard InChI is InChI=1S/C28H26N2O3/c1-3-29-28(31)25-18-27(33-30-25)24-17-23(15-14-21-10-6-4-7-11-21)20(2)16-26(24)32-19-22-12-8-5-9-13-22/h4-18H,3,19H2,1-2H3,(H,29,31)/b15-14+. The van der Waals surface area contributed by atoms with Crippen LogP contribution in [0.3, 0.4) is 0 Å². The first-order chi connectivity index (χ1) is 16.1. The van der Waals surface area contributed by atoms with E-state index < -0.39 is 0 Å². The van der Waals surface area contributed by atoms with Crippen LogP contribution < -0.4 is 10.1 Å². The van der Waals surface area contributed by atoms with Gasteiger partial charge in [-0.3, -0.25) is 4.79 Å². The van der Waals surface area contributed by atoms with E-state index in [0.29, 0.717) is 24.7 Å². The third kappa shape index (κ3) is 5.57. The van der Waals surface area contributed by atoms with Crippen molar-refractivity contribution >= 4 is 18.1 Å². The molecule has 1 aromatic heterocycles. The number of hydrogen-bond acceptors (Lipinski definition) is 4. The average molecular weight is 439 g/mol. The molecular formula is C28H26N2O3. The number of nitrogens with one attached hydrogen (secondary N) is 1. The fourth-order valence-corrected chi connectivity index (χ4v) is 3.44. The molecule has 3 aromatic carbocycles. The molecule has 0 spiro atoms. The molecular weight excluding hydrogens is 412 g/mol. The first-order valence-electron chi connectivity index (χ1n) is 10.9. The van der Waals surface area contributed by atoms with Crippen LogP contribution in [0.4, 0.5) is 0 Å². The lowest BCUT2D eigenvalue weighted by Gasteiger charge is -2.13. The molecule has 5 nitrogen and oxygen atoms in total. The molecule has 0 atom stereocenters. The van der Waals surface area contributed by atoms with Gasteiger partial charge in [-0.25, -0.2) is 0 Å². The van der Waals surface area contributed by atoms with E-state index in [1.54, 1.807) is 6.07 Å². The molecule has 0 radical (unpaired) electrons. The van der Waals surface area contributed by atoms with Gasteiger partial charge in [0.25, 0.3) is 5.91 Å². The summed E-state index contributed by atoms with van der Waals surface area (Å²) in [4.78, 5) is 12.2. The fraction of sp³-hybridized carbons (Fsp3) is 0.143. The van der Waals surface area contributed by atoms with E-state index >= 15 is 0 Å². The van der Waals surface area contributed by atoms with Gasteiger partial charge in [0.05, 0.1) is 5.56 Å². The van der Waals surface area contributed by atoms with Crippen molar-refractivity contribution in [3.05, 3.63) is 107 Å². The SMILES string of the molecule is CCNC(=O)c1cc(-c2cc(/C=C/c3ccccc3)c(C)cc2OCc2ccccc2)on1. The number of rotatable bonds is 8. The van der Waals surface area contributed by atoms with E-state index in [1.807, 2.05) is 74.5 Å². The van der Waals surface area contributed by atoms with E-state index in [1.165, 1.54) is 0 Å². The molecule has 166 valence electrons. The van der Waals surface area contributed by atoms with Gasteiger partial charge in [-0.15, -0.1) is 0 Å². The van der Waals surface area contributed by atoms with Crippen LogP contribution in [0.25, 0.3) is 23.5 Å². The van der Waals surface area contributed by atoms with Gasteiger partial charge in [-0.05, 0) is 48.2 Å². The number of hydrogen-bond donors (Lipinski definition) is 1. The Morgan fingerprint density at radius 3 is 2.45 bits per heavy atom. The summed E-state index contributed by atoms with van der Waals surface area (Å²) in [5, 5.41) is 6.70. The van der Waals surface area contributed by atoms with Crippen LogP contribution in [-0.4, -0.2) is 17.6 Å². The number of aromatic nitrogens is 1. The minimum Gasteiger partial charge on any atom is -0.488 e. The minimum atomic E-state index is -0.268. The van der Waals surface area contributed by atoms with Crippen molar-refractivity contribution in [2.75, 3.05) is 6.54 Å². The van der Waals surface area contributed by atoms with E-state index in [2.05, 4.69) is 34.8 Å². The van der Waals surface area contributed by atoms with Gasteiger partial charge in [-0.1, -0.05) is 78.0 Å². The second-order valence-corrected chi connectivity index (χ2v) is 7.66. The Labute approximate surface area is 193 Å². The number of amides is 1. The van der Waals surface area contributed by atoms with E-state index in [4.69, 9.17) is 9.26 Å². The lowest BCUT2D eigenvalue weighted by Crippen LogP contribution is -2.22. The maximum atomic E-state index is 12.2. The molecule has 5 heteroatoms. The highest BCUT2D eigenvalue weighted by atomic mass is 16.5. The van der Waals surface area contributed by atoms with Crippen LogP contribution in [0.5, 0.6) is 5.75 Å². The molecule has 1 heterocycles. The fourth-order valence-electron chi connectivity index (χ4n) is 3.44. The largest absolute Gasteiger partial charge is 0.488 e. The molecule has 0 unspecified atom stereocenters. The van der Waals surface area contributed by atoms with Crippen LogP contribution in [0.2, 0.25) is 0 Å². The van der Waals surface area contributed by atoms with E-state index in [9.17, 15) is 4.79 Å². The summed E-state index contributed by atoms with van der Waals surface area (Å²) in [6, 6.07) is 25.8. The van der Waals surface area contributed by atoms with Gasteiger partial charge >= 0.3 is 0 Å². The van der Waals surface area contributed by atoms with Gasteiger partial charge in [0.1, 0.15) is 12.4 Å². The predicted molar refractivity (Wildman–Crippen MR) is 131 cm³/mol. The lowest BCUT2D eigenvalue weighted by molar-refractivity contribution is 0.0947. The summed E-state index contributed by atoms with van der Waals surface area (Å²) in [6.45, 7) is 4.85. The summed E-state index contributed by atoms with van der Waals surface area (Å²) < 4.78 is 11.7. The lowest BCUT2D eigenvalue weighted by atomic mass is 10.0. The smallest absolute Gasteiger partial charge is 0.273 e. The van der Waals surface area contributed by atoms with E-state index in [-0.39, 0.29) is 11.6 Å². The molecule has 0 bridgehead atoms. The molecule has 0 aliphatic rings. The average Bonchev–Trinajstić information content (AvgIpc) is 3.34. The molecule has 1 N–H and O–H groups in total. The molecule has 4 rings (SSSR count). The van der Waals surface area contributed by atoms with Gasteiger partial charge in [0, 0.05) is 12.6 Å². The predicted octanol–water partition coefficient (Wildman–Crippen LogP) is 6.15. The van der Waals surface area contributed by atoms with Crippen LogP contribution in [0.15, 0.2) is 83.4 Å². The monoisotopic (exact) mass is 438 g/mol. The number of nitrogens with zero attached hydrogens (tertiary/aromatic N) is 1. The summed E-state index contributed by atoms with van der Waals surface area (Å²) >= 11 is 0. The number of benzene rings is 3. The highest BCUT2D eigenvalue weighted by molar-refractivity contribution is 5.93. The number of carbonyl (C=O) groups is 1. The Bertz CT molecular complexity index is 1240. The van der Waals surface area contributed by atoms with Crippen molar-refractivity contribution in [1.82, 2.24) is 10.5 Å². The van der Waals surface area contributed by atoms with Gasteiger partial charge in [-0.2, -0.15) is 0 Å². The summed E-state index contributed by atoms with van der Waals surface area (Å²) in [7, 11) is 0. The zero-order chi connectivity index (χ0) is 23.0. The Kier molecular flexibility index (Phi) is 7.00. The Balaban J connectivity index is 1.70. The molecule has 0 aliphatic heterocycles. The zero-order valence-corrected chi connectivity index (χ0v) is 18.7. The second-order valence-electron chi connectivity index (χ2n) is 7.66. The quantitative estimate of drug-likeness (QED) is 0.335. The molecule has 4 aromatic rings. The summed E-state index contributed by atoms with van der Waals surface area (Å²) in [5.41, 5.74) is 5.25. The van der Waals surface area contributed by atoms with Crippen LogP contribution in [0, 0.1) is 6.92 Å². The van der Waals surface area contributed by atoms with Crippen molar-refractivity contribution in [1.29, 1.82) is 0 Å². The second kappa shape index (κ2) is 10.5. The number of aryl methyl sites for hydroxylation is 1. The maximum Gasteiger partial charge on any atom is 0.273 e. The Hall–Kier alpha value is -4.12. The molecule has 0 saturated heterocycles. The van der Waals surface area contributed by atoms with Gasteiger partial charge in [0.15, 0.2) is 11.5 Å². The molecule has 0 aliphatic carbocycles. The Morgan fingerprint density at radius 2 is 1.73 bits per heavy atom. The summed E-state index contributed by atoms with van der Waals surface area (Å²) in [5.74, 6) is 0.885. The van der Waals surface area contributed by atoms with Crippen molar-refractivity contribution in [2.24, 2.45) is 0 Å². The molecule has 0 saturated carbocycles. The number of ether oxygens (including phenoxy) is 1. The topological polar surface area (TPSA) is 64.4 Å². The van der Waals surface area contributed by atoms with Crippen LogP contribution in [0.1, 0.15) is 39.7 Å². The third-order valence-electron chi connectivity index (χ3n) is 5.21. The van der Waals surface area contributed by atoms with Crippen molar-refractivity contribution in [3.8, 4) is 17.1 Å².